The maximum absolute atomic E-state index is 11.9. The number of fused-ring (bicyclic) bond motifs is 1. The van der Waals surface area contributed by atoms with Crippen molar-refractivity contribution in [3.63, 3.8) is 0 Å². The Hall–Kier alpha value is -1.06. The Morgan fingerprint density at radius 3 is 2.82 bits per heavy atom. The summed E-state index contributed by atoms with van der Waals surface area (Å²) in [5.74, 6) is 0.0755. The summed E-state index contributed by atoms with van der Waals surface area (Å²) < 4.78 is 0. The average molecular weight is 254 g/mol. The van der Waals surface area contributed by atoms with Gasteiger partial charge in [-0.3, -0.25) is 4.79 Å². The number of halogens is 1. The van der Waals surface area contributed by atoms with Crippen LogP contribution in [0.15, 0.2) is 18.2 Å². The lowest BCUT2D eigenvalue weighted by Crippen LogP contribution is -2.33. The van der Waals surface area contributed by atoms with E-state index in [1.807, 2.05) is 12.1 Å². The zero-order chi connectivity index (χ0) is 12.6. The van der Waals surface area contributed by atoms with Gasteiger partial charge >= 0.3 is 0 Å². The van der Waals surface area contributed by atoms with Crippen LogP contribution in [0.4, 0.5) is 5.69 Å². The molecule has 1 aromatic rings. The molecule has 1 heterocycles. The van der Waals surface area contributed by atoms with Gasteiger partial charge in [0.15, 0.2) is 0 Å². The van der Waals surface area contributed by atoms with Gasteiger partial charge < -0.3 is 10.0 Å². The van der Waals surface area contributed by atoms with Crippen LogP contribution in [0.25, 0.3) is 0 Å². The van der Waals surface area contributed by atoms with Crippen molar-refractivity contribution in [2.75, 3.05) is 11.4 Å². The van der Waals surface area contributed by atoms with E-state index in [2.05, 4.69) is 0 Å². The number of benzene rings is 1. The molecular formula is C13H16ClNO2. The van der Waals surface area contributed by atoms with Crippen molar-refractivity contribution in [2.24, 2.45) is 0 Å². The summed E-state index contributed by atoms with van der Waals surface area (Å²) in [6.45, 7) is 4.01. The molecule has 1 aliphatic heterocycles. The van der Waals surface area contributed by atoms with E-state index in [4.69, 9.17) is 11.6 Å². The Kier molecular flexibility index (Phi) is 3.15. The average Bonchev–Trinajstić information content (AvgIpc) is 2.49. The van der Waals surface area contributed by atoms with Crippen LogP contribution in [-0.4, -0.2) is 23.2 Å². The van der Waals surface area contributed by atoms with Crippen LogP contribution in [0.3, 0.4) is 0 Å². The molecule has 1 N–H and O–H groups in total. The second-order valence-corrected chi connectivity index (χ2v) is 5.49. The third kappa shape index (κ3) is 2.79. The van der Waals surface area contributed by atoms with E-state index in [9.17, 15) is 9.90 Å². The van der Waals surface area contributed by atoms with E-state index in [0.717, 1.165) is 11.3 Å². The molecule has 0 atom stereocenters. The molecule has 4 heteroatoms. The first kappa shape index (κ1) is 12.4. The number of rotatable bonds is 3. The van der Waals surface area contributed by atoms with Crippen molar-refractivity contribution in [3.05, 3.63) is 28.8 Å². The molecule has 0 aliphatic carbocycles. The largest absolute Gasteiger partial charge is 0.390 e. The first-order chi connectivity index (χ1) is 7.87. The number of anilines is 1. The van der Waals surface area contributed by atoms with Crippen LogP contribution in [0, 0.1) is 0 Å². The predicted octanol–water partition coefficient (Wildman–Crippen LogP) is 2.39. The van der Waals surface area contributed by atoms with Gasteiger partial charge in [0.05, 0.1) is 12.0 Å². The van der Waals surface area contributed by atoms with Crippen molar-refractivity contribution < 1.29 is 9.90 Å². The maximum Gasteiger partial charge on any atom is 0.231 e. The molecule has 2 rings (SSSR count). The van der Waals surface area contributed by atoms with Crippen LogP contribution in [0.1, 0.15) is 25.8 Å². The Labute approximate surface area is 106 Å². The fourth-order valence-corrected chi connectivity index (χ4v) is 2.13. The number of amides is 1. The topological polar surface area (TPSA) is 40.5 Å². The van der Waals surface area contributed by atoms with E-state index in [1.165, 1.54) is 0 Å². The summed E-state index contributed by atoms with van der Waals surface area (Å²) >= 11 is 5.94. The lowest BCUT2D eigenvalue weighted by molar-refractivity contribution is -0.117. The van der Waals surface area contributed by atoms with Gasteiger partial charge in [0.2, 0.25) is 5.91 Å². The fraction of sp³-hybridized carbons (Fsp3) is 0.462. The minimum absolute atomic E-state index is 0.0755. The Balaban J connectivity index is 2.19. The Morgan fingerprint density at radius 2 is 2.18 bits per heavy atom. The summed E-state index contributed by atoms with van der Waals surface area (Å²) in [6.07, 6.45) is 0.975. The van der Waals surface area contributed by atoms with E-state index in [-0.39, 0.29) is 5.91 Å². The van der Waals surface area contributed by atoms with Gasteiger partial charge in [-0.1, -0.05) is 17.7 Å². The SMILES string of the molecule is CC(C)(O)CCN1C(=O)Cc2ccc(Cl)cc21. The molecular weight excluding hydrogens is 238 g/mol. The minimum atomic E-state index is -0.762. The maximum atomic E-state index is 11.9. The highest BCUT2D eigenvalue weighted by Crippen LogP contribution is 2.32. The summed E-state index contributed by atoms with van der Waals surface area (Å²) in [6, 6.07) is 5.50. The molecule has 1 aliphatic rings. The van der Waals surface area contributed by atoms with E-state index >= 15 is 0 Å². The van der Waals surface area contributed by atoms with Crippen molar-refractivity contribution in [1.82, 2.24) is 0 Å². The highest BCUT2D eigenvalue weighted by molar-refractivity contribution is 6.31. The van der Waals surface area contributed by atoms with E-state index in [0.29, 0.717) is 24.4 Å². The molecule has 0 saturated heterocycles. The number of nitrogens with zero attached hydrogens (tertiary/aromatic N) is 1. The molecule has 0 radical (unpaired) electrons. The van der Waals surface area contributed by atoms with Gasteiger partial charge in [-0.25, -0.2) is 0 Å². The van der Waals surface area contributed by atoms with Gasteiger partial charge in [0.25, 0.3) is 0 Å². The molecule has 0 unspecified atom stereocenters. The second kappa shape index (κ2) is 4.31. The normalized spacial score (nSPS) is 15.3. The highest BCUT2D eigenvalue weighted by atomic mass is 35.5. The molecule has 0 saturated carbocycles. The van der Waals surface area contributed by atoms with Gasteiger partial charge in [-0.2, -0.15) is 0 Å². The van der Waals surface area contributed by atoms with Gasteiger partial charge in [-0.05, 0) is 38.0 Å². The lowest BCUT2D eigenvalue weighted by atomic mass is 10.1. The quantitative estimate of drug-likeness (QED) is 0.899. The standard InChI is InChI=1S/C13H16ClNO2/c1-13(2,17)5-6-15-11-8-10(14)4-3-9(11)7-12(15)16/h3-4,8,17H,5-7H2,1-2H3. The number of aliphatic hydroxyl groups is 1. The first-order valence-corrected chi connectivity index (χ1v) is 6.06. The van der Waals surface area contributed by atoms with Crippen LogP contribution in [0.5, 0.6) is 0 Å². The van der Waals surface area contributed by atoms with Crippen LogP contribution in [-0.2, 0) is 11.2 Å². The molecule has 17 heavy (non-hydrogen) atoms. The summed E-state index contributed by atoms with van der Waals surface area (Å²) in [5, 5.41) is 10.3. The van der Waals surface area contributed by atoms with Crippen molar-refractivity contribution in [3.8, 4) is 0 Å². The van der Waals surface area contributed by atoms with Gasteiger partial charge in [0.1, 0.15) is 0 Å². The highest BCUT2D eigenvalue weighted by Gasteiger charge is 2.28. The second-order valence-electron chi connectivity index (χ2n) is 5.06. The molecule has 0 spiro atoms. The van der Waals surface area contributed by atoms with Crippen LogP contribution < -0.4 is 4.90 Å². The first-order valence-electron chi connectivity index (χ1n) is 5.68. The zero-order valence-corrected chi connectivity index (χ0v) is 10.8. The monoisotopic (exact) mass is 253 g/mol. The molecule has 0 bridgehead atoms. The summed E-state index contributed by atoms with van der Waals surface area (Å²) in [7, 11) is 0. The van der Waals surface area contributed by atoms with Crippen LogP contribution in [0.2, 0.25) is 5.02 Å². The van der Waals surface area contributed by atoms with Gasteiger partial charge in [0, 0.05) is 17.3 Å². The number of carbonyl (C=O) groups excluding carboxylic acids is 1. The number of carbonyl (C=O) groups is 1. The molecule has 1 aromatic carbocycles. The molecule has 3 nitrogen and oxygen atoms in total. The van der Waals surface area contributed by atoms with Crippen molar-refractivity contribution in [2.45, 2.75) is 32.3 Å². The van der Waals surface area contributed by atoms with Crippen molar-refractivity contribution in [1.29, 1.82) is 0 Å². The fourth-order valence-electron chi connectivity index (χ4n) is 1.96. The minimum Gasteiger partial charge on any atom is -0.390 e. The number of hydrogen-bond donors (Lipinski definition) is 1. The van der Waals surface area contributed by atoms with E-state index in [1.54, 1.807) is 24.8 Å². The van der Waals surface area contributed by atoms with Gasteiger partial charge in [-0.15, -0.1) is 0 Å². The number of hydrogen-bond acceptors (Lipinski definition) is 2. The smallest absolute Gasteiger partial charge is 0.231 e. The third-order valence-electron chi connectivity index (χ3n) is 2.93. The third-order valence-corrected chi connectivity index (χ3v) is 3.16. The summed E-state index contributed by atoms with van der Waals surface area (Å²) in [4.78, 5) is 13.6. The van der Waals surface area contributed by atoms with E-state index < -0.39 is 5.60 Å². The molecule has 1 amide bonds. The van der Waals surface area contributed by atoms with Crippen LogP contribution >= 0.6 is 11.6 Å². The lowest BCUT2D eigenvalue weighted by Gasteiger charge is -2.23. The summed E-state index contributed by atoms with van der Waals surface area (Å²) in [5.41, 5.74) is 1.13. The molecule has 92 valence electrons. The molecule has 0 fully saturated rings. The Bertz CT molecular complexity index is 451. The predicted molar refractivity (Wildman–Crippen MR) is 68.4 cm³/mol. The van der Waals surface area contributed by atoms with Crippen molar-refractivity contribution >= 4 is 23.2 Å². The Morgan fingerprint density at radius 1 is 1.47 bits per heavy atom. The zero-order valence-electron chi connectivity index (χ0n) is 10.0. The molecule has 0 aromatic heterocycles.